The SMILES string of the molecule is NCc1cc(Cl)ccc1-c1ccc2c(c1)COC2. The minimum absolute atomic E-state index is 0.490. The maximum Gasteiger partial charge on any atom is 0.0725 e. The predicted octanol–water partition coefficient (Wildman–Crippen LogP) is 3.50. The Labute approximate surface area is 111 Å². The molecule has 0 amide bonds. The van der Waals surface area contributed by atoms with E-state index in [9.17, 15) is 0 Å². The molecule has 2 aromatic rings. The Balaban J connectivity index is 2.09. The van der Waals surface area contributed by atoms with Crippen molar-refractivity contribution in [2.24, 2.45) is 5.73 Å². The van der Waals surface area contributed by atoms with E-state index in [2.05, 4.69) is 18.2 Å². The van der Waals surface area contributed by atoms with Gasteiger partial charge in [0.1, 0.15) is 0 Å². The van der Waals surface area contributed by atoms with Crippen molar-refractivity contribution in [1.29, 1.82) is 0 Å². The van der Waals surface area contributed by atoms with Crippen LogP contribution in [0.15, 0.2) is 36.4 Å². The molecule has 0 spiro atoms. The van der Waals surface area contributed by atoms with Crippen LogP contribution in [0.4, 0.5) is 0 Å². The number of nitrogens with two attached hydrogens (primary N) is 1. The summed E-state index contributed by atoms with van der Waals surface area (Å²) in [5.74, 6) is 0. The van der Waals surface area contributed by atoms with Crippen LogP contribution in [0, 0.1) is 0 Å². The normalized spacial score (nSPS) is 13.7. The lowest BCUT2D eigenvalue weighted by Crippen LogP contribution is -1.99. The fraction of sp³-hybridized carbons (Fsp3) is 0.200. The van der Waals surface area contributed by atoms with Crippen LogP contribution in [0.25, 0.3) is 11.1 Å². The van der Waals surface area contributed by atoms with E-state index in [1.165, 1.54) is 16.7 Å². The highest BCUT2D eigenvalue weighted by Crippen LogP contribution is 2.30. The van der Waals surface area contributed by atoms with Gasteiger partial charge in [-0.05, 0) is 46.0 Å². The third-order valence-electron chi connectivity index (χ3n) is 3.32. The summed E-state index contributed by atoms with van der Waals surface area (Å²) in [4.78, 5) is 0. The van der Waals surface area contributed by atoms with E-state index in [1.807, 2.05) is 18.2 Å². The van der Waals surface area contributed by atoms with Gasteiger partial charge < -0.3 is 10.5 Å². The molecule has 3 heteroatoms. The summed E-state index contributed by atoms with van der Waals surface area (Å²) in [7, 11) is 0. The fourth-order valence-electron chi connectivity index (χ4n) is 2.35. The first-order valence-corrected chi connectivity index (χ1v) is 6.34. The Morgan fingerprint density at radius 3 is 2.72 bits per heavy atom. The molecule has 2 aromatic carbocycles. The summed E-state index contributed by atoms with van der Waals surface area (Å²) in [5.41, 5.74) is 11.7. The number of benzene rings is 2. The Hall–Kier alpha value is -1.35. The molecule has 2 nitrogen and oxygen atoms in total. The molecule has 1 aliphatic rings. The minimum Gasteiger partial charge on any atom is -0.372 e. The smallest absolute Gasteiger partial charge is 0.0725 e. The lowest BCUT2D eigenvalue weighted by molar-refractivity contribution is 0.134. The number of hydrogen-bond donors (Lipinski definition) is 1. The van der Waals surface area contributed by atoms with Crippen LogP contribution in [-0.4, -0.2) is 0 Å². The largest absolute Gasteiger partial charge is 0.372 e. The lowest BCUT2D eigenvalue weighted by Gasteiger charge is -2.10. The quantitative estimate of drug-likeness (QED) is 0.896. The molecule has 3 rings (SSSR count). The highest BCUT2D eigenvalue weighted by molar-refractivity contribution is 6.30. The van der Waals surface area contributed by atoms with Gasteiger partial charge in [-0.1, -0.05) is 29.8 Å². The molecule has 0 atom stereocenters. The molecule has 0 aliphatic carbocycles. The maximum absolute atomic E-state index is 6.00. The van der Waals surface area contributed by atoms with Crippen molar-refractivity contribution in [2.75, 3.05) is 0 Å². The van der Waals surface area contributed by atoms with Crippen molar-refractivity contribution in [2.45, 2.75) is 19.8 Å². The molecule has 18 heavy (non-hydrogen) atoms. The molecule has 0 bridgehead atoms. The molecule has 0 fully saturated rings. The summed E-state index contributed by atoms with van der Waals surface area (Å²) in [6.45, 7) is 1.91. The fourth-order valence-corrected chi connectivity index (χ4v) is 2.55. The summed E-state index contributed by atoms with van der Waals surface area (Å²) in [6, 6.07) is 12.3. The average Bonchev–Trinajstić information content (AvgIpc) is 2.85. The van der Waals surface area contributed by atoms with Crippen molar-refractivity contribution >= 4 is 11.6 Å². The van der Waals surface area contributed by atoms with Gasteiger partial charge in [-0.3, -0.25) is 0 Å². The zero-order chi connectivity index (χ0) is 12.5. The van der Waals surface area contributed by atoms with Gasteiger partial charge in [-0.2, -0.15) is 0 Å². The molecule has 1 heterocycles. The van der Waals surface area contributed by atoms with Crippen molar-refractivity contribution in [3.63, 3.8) is 0 Å². The van der Waals surface area contributed by atoms with Crippen molar-refractivity contribution in [3.05, 3.63) is 58.1 Å². The Morgan fingerprint density at radius 2 is 1.89 bits per heavy atom. The molecule has 0 saturated heterocycles. The van der Waals surface area contributed by atoms with Gasteiger partial charge in [-0.25, -0.2) is 0 Å². The second-order valence-corrected chi connectivity index (χ2v) is 4.92. The molecular formula is C15H14ClNO. The van der Waals surface area contributed by atoms with Crippen LogP contribution in [0.2, 0.25) is 5.02 Å². The van der Waals surface area contributed by atoms with Crippen molar-refractivity contribution in [1.82, 2.24) is 0 Å². The number of ether oxygens (including phenoxy) is 1. The highest BCUT2D eigenvalue weighted by Gasteiger charge is 2.13. The first-order valence-electron chi connectivity index (χ1n) is 5.96. The Bertz CT molecular complexity index is 595. The van der Waals surface area contributed by atoms with Crippen molar-refractivity contribution in [3.8, 4) is 11.1 Å². The minimum atomic E-state index is 0.490. The monoisotopic (exact) mass is 259 g/mol. The zero-order valence-electron chi connectivity index (χ0n) is 9.95. The van der Waals surface area contributed by atoms with Crippen LogP contribution in [0.1, 0.15) is 16.7 Å². The molecule has 1 aliphatic heterocycles. The van der Waals surface area contributed by atoms with Crippen LogP contribution >= 0.6 is 11.6 Å². The molecule has 0 radical (unpaired) electrons. The van der Waals surface area contributed by atoms with E-state index in [-0.39, 0.29) is 0 Å². The number of halogens is 1. The molecular weight excluding hydrogens is 246 g/mol. The Morgan fingerprint density at radius 1 is 1.06 bits per heavy atom. The standard InChI is InChI=1S/C15H14ClNO/c16-14-3-4-15(12(6-14)7-17)10-1-2-11-8-18-9-13(11)5-10/h1-6H,7-9,17H2. The van der Waals surface area contributed by atoms with Gasteiger partial charge in [0.05, 0.1) is 13.2 Å². The van der Waals surface area contributed by atoms with E-state index >= 15 is 0 Å². The Kier molecular flexibility index (Phi) is 3.08. The number of fused-ring (bicyclic) bond motifs is 1. The van der Waals surface area contributed by atoms with E-state index in [1.54, 1.807) is 0 Å². The molecule has 92 valence electrons. The topological polar surface area (TPSA) is 35.2 Å². The van der Waals surface area contributed by atoms with Gasteiger partial charge in [0.25, 0.3) is 0 Å². The third-order valence-corrected chi connectivity index (χ3v) is 3.55. The highest BCUT2D eigenvalue weighted by atomic mass is 35.5. The van der Waals surface area contributed by atoms with Crippen LogP contribution in [0.5, 0.6) is 0 Å². The van der Waals surface area contributed by atoms with Crippen molar-refractivity contribution < 1.29 is 4.74 Å². The van der Waals surface area contributed by atoms with E-state index in [0.29, 0.717) is 13.2 Å². The second kappa shape index (κ2) is 4.73. The van der Waals surface area contributed by atoms with E-state index in [4.69, 9.17) is 22.1 Å². The van der Waals surface area contributed by atoms with Gasteiger partial charge in [0.2, 0.25) is 0 Å². The van der Waals surface area contributed by atoms with Gasteiger partial charge >= 0.3 is 0 Å². The molecule has 0 unspecified atom stereocenters. The van der Waals surface area contributed by atoms with E-state index < -0.39 is 0 Å². The third kappa shape index (κ3) is 2.03. The molecule has 0 saturated carbocycles. The van der Waals surface area contributed by atoms with E-state index in [0.717, 1.165) is 22.8 Å². The van der Waals surface area contributed by atoms with Gasteiger partial charge in [0.15, 0.2) is 0 Å². The number of hydrogen-bond acceptors (Lipinski definition) is 2. The zero-order valence-corrected chi connectivity index (χ0v) is 10.7. The summed E-state index contributed by atoms with van der Waals surface area (Å²) in [5, 5.41) is 0.726. The second-order valence-electron chi connectivity index (χ2n) is 4.48. The van der Waals surface area contributed by atoms with Crippen LogP contribution in [0.3, 0.4) is 0 Å². The molecule has 0 aromatic heterocycles. The molecule has 2 N–H and O–H groups in total. The van der Waals surface area contributed by atoms with Crippen LogP contribution in [-0.2, 0) is 24.5 Å². The lowest BCUT2D eigenvalue weighted by atomic mass is 9.96. The van der Waals surface area contributed by atoms with Gasteiger partial charge in [-0.15, -0.1) is 0 Å². The summed E-state index contributed by atoms with van der Waals surface area (Å²) in [6.07, 6.45) is 0. The average molecular weight is 260 g/mol. The number of rotatable bonds is 2. The summed E-state index contributed by atoms with van der Waals surface area (Å²) >= 11 is 6.00. The van der Waals surface area contributed by atoms with Gasteiger partial charge in [0, 0.05) is 11.6 Å². The predicted molar refractivity (Wildman–Crippen MR) is 73.3 cm³/mol. The maximum atomic E-state index is 6.00. The first-order chi connectivity index (χ1) is 8.78. The van der Waals surface area contributed by atoms with Crippen LogP contribution < -0.4 is 5.73 Å². The summed E-state index contributed by atoms with van der Waals surface area (Å²) < 4.78 is 5.44. The first kappa shape index (κ1) is 11.7.